The number of amides is 2. The van der Waals surface area contributed by atoms with Crippen molar-refractivity contribution in [3.05, 3.63) is 33.6 Å². The fourth-order valence-electron chi connectivity index (χ4n) is 0.977. The van der Waals surface area contributed by atoms with E-state index in [-0.39, 0.29) is 5.88 Å². The lowest BCUT2D eigenvalue weighted by molar-refractivity contribution is -0.402. The zero-order valence-electron chi connectivity index (χ0n) is 8.91. The Hall–Kier alpha value is -2.64. The summed E-state index contributed by atoms with van der Waals surface area (Å²) in [5, 5.41) is 13.9. The first-order chi connectivity index (χ1) is 7.99. The Balaban J connectivity index is 2.70. The normalized spacial score (nSPS) is 11.7. The number of hydrazone groups is 1. The summed E-state index contributed by atoms with van der Waals surface area (Å²) < 4.78 is 4.89. The monoisotopic (exact) mass is 238 g/mol. The van der Waals surface area contributed by atoms with Crippen LogP contribution in [0.4, 0.5) is 10.7 Å². The first-order valence-corrected chi connectivity index (χ1v) is 4.50. The Morgan fingerprint density at radius 3 is 2.88 bits per heavy atom. The van der Waals surface area contributed by atoms with Crippen molar-refractivity contribution in [1.82, 2.24) is 5.43 Å². The van der Waals surface area contributed by atoms with Crippen molar-refractivity contribution in [3.63, 3.8) is 0 Å². The van der Waals surface area contributed by atoms with Crippen LogP contribution < -0.4 is 11.2 Å². The van der Waals surface area contributed by atoms with Gasteiger partial charge in [0.25, 0.3) is 0 Å². The molecule has 17 heavy (non-hydrogen) atoms. The van der Waals surface area contributed by atoms with Crippen molar-refractivity contribution in [2.75, 3.05) is 0 Å². The largest absolute Gasteiger partial charge is 0.433 e. The van der Waals surface area contributed by atoms with Gasteiger partial charge in [0.1, 0.15) is 10.7 Å². The zero-order valence-corrected chi connectivity index (χ0v) is 8.91. The molecule has 0 bridgehead atoms. The van der Waals surface area contributed by atoms with Gasteiger partial charge in [0.05, 0.1) is 12.3 Å². The van der Waals surface area contributed by atoms with Crippen LogP contribution in [0.25, 0.3) is 6.08 Å². The van der Waals surface area contributed by atoms with Crippen LogP contribution in [-0.2, 0) is 0 Å². The lowest BCUT2D eigenvalue weighted by atomic mass is 10.3. The molecule has 8 heteroatoms. The van der Waals surface area contributed by atoms with Gasteiger partial charge in [-0.15, -0.1) is 0 Å². The van der Waals surface area contributed by atoms with Gasteiger partial charge in [-0.05, 0) is 24.6 Å². The second-order valence-electron chi connectivity index (χ2n) is 3.06. The molecule has 8 nitrogen and oxygen atoms in total. The van der Waals surface area contributed by atoms with E-state index in [0.29, 0.717) is 11.3 Å². The molecular formula is C9H10N4O4. The third kappa shape index (κ3) is 4.16. The number of allylic oxidation sites excluding steroid dienone is 1. The molecule has 1 aromatic heterocycles. The molecule has 2 amide bonds. The molecule has 0 spiro atoms. The van der Waals surface area contributed by atoms with Crippen molar-refractivity contribution in [2.24, 2.45) is 10.8 Å². The number of furan rings is 1. The molecule has 0 atom stereocenters. The number of nitrogens with zero attached hydrogens (tertiary/aromatic N) is 2. The number of carbonyl (C=O) groups excluding carboxylic acids is 1. The predicted octanol–water partition coefficient (Wildman–Crippen LogP) is 1.25. The summed E-state index contributed by atoms with van der Waals surface area (Å²) in [5.41, 5.74) is 7.43. The minimum atomic E-state index is -0.775. The molecule has 0 radical (unpaired) electrons. The summed E-state index contributed by atoms with van der Waals surface area (Å²) in [6, 6.07) is 1.93. The summed E-state index contributed by atoms with van der Waals surface area (Å²) in [6.45, 7) is 1.68. The van der Waals surface area contributed by atoms with Crippen molar-refractivity contribution in [3.8, 4) is 0 Å². The first kappa shape index (κ1) is 12.4. The van der Waals surface area contributed by atoms with E-state index in [0.717, 1.165) is 0 Å². The molecule has 1 heterocycles. The minimum Gasteiger partial charge on any atom is -0.401 e. The molecule has 0 aliphatic carbocycles. The maximum Gasteiger partial charge on any atom is 0.433 e. The number of primary amides is 1. The van der Waals surface area contributed by atoms with Gasteiger partial charge >= 0.3 is 11.9 Å². The Kier molecular flexibility index (Phi) is 3.98. The molecule has 0 fully saturated rings. The van der Waals surface area contributed by atoms with Crippen LogP contribution in [0.1, 0.15) is 12.7 Å². The number of hydrogen-bond acceptors (Lipinski definition) is 5. The maximum absolute atomic E-state index is 10.4. The standard InChI is InChI=1S/C9H10N4O4/c1-6(5-11-12-9(10)14)4-7-2-3-8(17-7)13(15)16/h2-5H,1H3,(H3,10,12,14). The van der Waals surface area contributed by atoms with Gasteiger partial charge in [-0.25, -0.2) is 10.2 Å². The third-order valence-electron chi connectivity index (χ3n) is 1.61. The first-order valence-electron chi connectivity index (χ1n) is 4.50. The lowest BCUT2D eigenvalue weighted by Crippen LogP contribution is -2.24. The average Bonchev–Trinajstić information content (AvgIpc) is 2.65. The molecule has 1 rings (SSSR count). The van der Waals surface area contributed by atoms with Crippen LogP contribution in [0, 0.1) is 10.1 Å². The van der Waals surface area contributed by atoms with Crippen LogP contribution >= 0.6 is 0 Å². The smallest absolute Gasteiger partial charge is 0.401 e. The Labute approximate surface area is 95.9 Å². The summed E-state index contributed by atoms with van der Waals surface area (Å²) in [5.74, 6) is -0.0176. The van der Waals surface area contributed by atoms with Crippen molar-refractivity contribution >= 4 is 24.2 Å². The highest BCUT2D eigenvalue weighted by Crippen LogP contribution is 2.17. The van der Waals surface area contributed by atoms with E-state index in [1.807, 2.05) is 5.43 Å². The quantitative estimate of drug-likeness (QED) is 0.465. The molecule has 1 aromatic rings. The maximum atomic E-state index is 10.4. The van der Waals surface area contributed by atoms with E-state index in [9.17, 15) is 14.9 Å². The van der Waals surface area contributed by atoms with E-state index in [1.54, 1.807) is 6.92 Å². The third-order valence-corrected chi connectivity index (χ3v) is 1.61. The summed E-state index contributed by atoms with van der Waals surface area (Å²) >= 11 is 0. The summed E-state index contributed by atoms with van der Waals surface area (Å²) in [7, 11) is 0. The molecule has 0 aliphatic heterocycles. The number of carbonyl (C=O) groups is 1. The average molecular weight is 238 g/mol. The molecular weight excluding hydrogens is 228 g/mol. The minimum absolute atomic E-state index is 0.319. The van der Waals surface area contributed by atoms with Gasteiger partial charge < -0.3 is 10.2 Å². The Bertz CT molecular complexity index is 489. The van der Waals surface area contributed by atoms with Crippen LogP contribution in [-0.4, -0.2) is 17.2 Å². The molecule has 0 aromatic carbocycles. The summed E-state index contributed by atoms with van der Waals surface area (Å²) in [6.07, 6.45) is 2.86. The van der Waals surface area contributed by atoms with Crippen LogP contribution in [0.15, 0.2) is 27.2 Å². The number of nitrogens with one attached hydrogen (secondary N) is 1. The molecule has 0 unspecified atom stereocenters. The van der Waals surface area contributed by atoms with Crippen LogP contribution in [0.5, 0.6) is 0 Å². The fraction of sp³-hybridized carbons (Fsp3) is 0.111. The van der Waals surface area contributed by atoms with E-state index >= 15 is 0 Å². The van der Waals surface area contributed by atoms with E-state index < -0.39 is 11.0 Å². The number of nitrogens with two attached hydrogens (primary N) is 1. The second kappa shape index (κ2) is 5.45. The van der Waals surface area contributed by atoms with Gasteiger partial charge in [-0.3, -0.25) is 10.1 Å². The SMILES string of the molecule is CC(C=NNC(N)=O)=Cc1ccc([N+](=O)[O-])o1. The van der Waals surface area contributed by atoms with Gasteiger partial charge in [0, 0.05) is 0 Å². The fourth-order valence-corrected chi connectivity index (χ4v) is 0.977. The van der Waals surface area contributed by atoms with Crippen molar-refractivity contribution in [2.45, 2.75) is 6.92 Å². The number of urea groups is 1. The van der Waals surface area contributed by atoms with Gasteiger partial charge in [0.2, 0.25) is 0 Å². The van der Waals surface area contributed by atoms with E-state index in [2.05, 4.69) is 5.10 Å². The number of nitro groups is 1. The highest BCUT2D eigenvalue weighted by Gasteiger charge is 2.09. The van der Waals surface area contributed by atoms with E-state index in [4.69, 9.17) is 10.2 Å². The Morgan fingerprint density at radius 2 is 2.35 bits per heavy atom. The second-order valence-corrected chi connectivity index (χ2v) is 3.06. The van der Waals surface area contributed by atoms with Crippen molar-refractivity contribution in [1.29, 1.82) is 0 Å². The van der Waals surface area contributed by atoms with Gasteiger partial charge in [-0.1, -0.05) is 0 Å². The van der Waals surface area contributed by atoms with E-state index in [1.165, 1.54) is 24.4 Å². The molecule has 0 saturated heterocycles. The zero-order chi connectivity index (χ0) is 12.8. The Morgan fingerprint density at radius 1 is 1.65 bits per heavy atom. The molecule has 0 saturated carbocycles. The molecule has 0 aliphatic rings. The number of hydrogen-bond donors (Lipinski definition) is 2. The van der Waals surface area contributed by atoms with Gasteiger partial charge in [-0.2, -0.15) is 5.10 Å². The predicted molar refractivity (Wildman–Crippen MR) is 60.2 cm³/mol. The lowest BCUT2D eigenvalue weighted by Gasteiger charge is -1.91. The summed E-state index contributed by atoms with van der Waals surface area (Å²) in [4.78, 5) is 20.0. The van der Waals surface area contributed by atoms with Crippen molar-refractivity contribution < 1.29 is 14.1 Å². The molecule has 3 N–H and O–H groups in total. The molecule has 90 valence electrons. The van der Waals surface area contributed by atoms with Crippen LogP contribution in [0.3, 0.4) is 0 Å². The topological polar surface area (TPSA) is 124 Å². The number of rotatable bonds is 4. The van der Waals surface area contributed by atoms with Crippen LogP contribution in [0.2, 0.25) is 0 Å². The highest BCUT2D eigenvalue weighted by molar-refractivity contribution is 5.85. The van der Waals surface area contributed by atoms with Gasteiger partial charge in [0.15, 0.2) is 0 Å². The highest BCUT2D eigenvalue weighted by atomic mass is 16.6.